The Labute approximate surface area is 152 Å². The first-order chi connectivity index (χ1) is 12.1. The smallest absolute Gasteiger partial charge is 0.236 e. The Morgan fingerprint density at radius 1 is 0.880 bits per heavy atom. The third kappa shape index (κ3) is 6.94. The van der Waals surface area contributed by atoms with Gasteiger partial charge in [0, 0.05) is 45.3 Å². The molecule has 0 radical (unpaired) electrons. The summed E-state index contributed by atoms with van der Waals surface area (Å²) in [5, 5.41) is 3.22. The lowest BCUT2D eigenvalue weighted by atomic mass is 10.1. The maximum Gasteiger partial charge on any atom is 0.236 e. The SMILES string of the molecule is CCN(CC)C(=O)CN1CCN(CC(=O)NC2CCCCCC2)CC1. The maximum absolute atomic E-state index is 12.3. The van der Waals surface area contributed by atoms with E-state index in [1.165, 1.54) is 25.7 Å². The van der Waals surface area contributed by atoms with E-state index in [0.717, 1.165) is 52.1 Å². The number of likely N-dealkylation sites (N-methyl/N-ethyl adjacent to an activating group) is 1. The molecule has 0 aromatic carbocycles. The Kier molecular flexibility index (Phi) is 8.68. The van der Waals surface area contributed by atoms with Crippen molar-refractivity contribution in [2.24, 2.45) is 0 Å². The van der Waals surface area contributed by atoms with Crippen molar-refractivity contribution < 1.29 is 9.59 Å². The zero-order chi connectivity index (χ0) is 18.1. The molecule has 2 rings (SSSR count). The zero-order valence-electron chi connectivity index (χ0n) is 16.1. The Balaban J connectivity index is 1.65. The molecule has 0 aromatic rings. The third-order valence-electron chi connectivity index (χ3n) is 5.53. The number of nitrogens with one attached hydrogen (secondary N) is 1. The van der Waals surface area contributed by atoms with Crippen LogP contribution < -0.4 is 5.32 Å². The highest BCUT2D eigenvalue weighted by Gasteiger charge is 2.23. The van der Waals surface area contributed by atoms with Gasteiger partial charge in [0.2, 0.25) is 11.8 Å². The Bertz CT molecular complexity index is 410. The molecule has 0 aromatic heterocycles. The molecule has 1 saturated carbocycles. The van der Waals surface area contributed by atoms with E-state index in [0.29, 0.717) is 19.1 Å². The molecule has 6 nitrogen and oxygen atoms in total. The van der Waals surface area contributed by atoms with Gasteiger partial charge in [0.15, 0.2) is 0 Å². The second-order valence-corrected chi connectivity index (χ2v) is 7.37. The van der Waals surface area contributed by atoms with Gasteiger partial charge in [-0.15, -0.1) is 0 Å². The molecule has 1 heterocycles. The molecule has 0 spiro atoms. The number of hydrogen-bond acceptors (Lipinski definition) is 4. The molecular formula is C19H36N4O2. The quantitative estimate of drug-likeness (QED) is 0.702. The lowest BCUT2D eigenvalue weighted by Gasteiger charge is -2.35. The van der Waals surface area contributed by atoms with E-state index in [2.05, 4.69) is 15.1 Å². The van der Waals surface area contributed by atoms with Crippen LogP contribution in [0.5, 0.6) is 0 Å². The molecule has 25 heavy (non-hydrogen) atoms. The fourth-order valence-electron chi connectivity index (χ4n) is 3.87. The summed E-state index contributed by atoms with van der Waals surface area (Å²) < 4.78 is 0. The molecule has 1 aliphatic carbocycles. The summed E-state index contributed by atoms with van der Waals surface area (Å²) in [6.45, 7) is 10.0. The van der Waals surface area contributed by atoms with Gasteiger partial charge in [-0.3, -0.25) is 19.4 Å². The van der Waals surface area contributed by atoms with E-state index >= 15 is 0 Å². The van der Waals surface area contributed by atoms with Crippen LogP contribution in [0.4, 0.5) is 0 Å². The summed E-state index contributed by atoms with van der Waals surface area (Å²) >= 11 is 0. The fraction of sp³-hybridized carbons (Fsp3) is 0.895. The van der Waals surface area contributed by atoms with Crippen LogP contribution in [0, 0.1) is 0 Å². The van der Waals surface area contributed by atoms with Gasteiger partial charge in [0.1, 0.15) is 0 Å². The van der Waals surface area contributed by atoms with Gasteiger partial charge in [0.25, 0.3) is 0 Å². The van der Waals surface area contributed by atoms with Crippen LogP contribution in [0.25, 0.3) is 0 Å². The minimum atomic E-state index is 0.166. The van der Waals surface area contributed by atoms with Gasteiger partial charge < -0.3 is 10.2 Å². The van der Waals surface area contributed by atoms with Crippen molar-refractivity contribution in [3.63, 3.8) is 0 Å². The normalized spacial score (nSPS) is 20.9. The van der Waals surface area contributed by atoms with E-state index in [1.807, 2.05) is 18.7 Å². The standard InChI is InChI=1S/C19H36N4O2/c1-3-23(4-2)19(25)16-22-13-11-21(12-14-22)15-18(24)20-17-9-7-5-6-8-10-17/h17H,3-16H2,1-2H3,(H,20,24). The van der Waals surface area contributed by atoms with E-state index < -0.39 is 0 Å². The number of nitrogens with zero attached hydrogens (tertiary/aromatic N) is 3. The van der Waals surface area contributed by atoms with Crippen molar-refractivity contribution in [3.8, 4) is 0 Å². The van der Waals surface area contributed by atoms with Crippen molar-refractivity contribution in [2.75, 3.05) is 52.4 Å². The highest BCUT2D eigenvalue weighted by molar-refractivity contribution is 5.78. The monoisotopic (exact) mass is 352 g/mol. The predicted molar refractivity (Wildman–Crippen MR) is 100 cm³/mol. The Morgan fingerprint density at radius 3 is 1.92 bits per heavy atom. The van der Waals surface area contributed by atoms with Crippen LogP contribution in [0.1, 0.15) is 52.4 Å². The molecule has 2 aliphatic rings. The minimum absolute atomic E-state index is 0.166. The van der Waals surface area contributed by atoms with E-state index in [9.17, 15) is 9.59 Å². The largest absolute Gasteiger partial charge is 0.352 e. The number of rotatable bonds is 7. The van der Waals surface area contributed by atoms with Crippen molar-refractivity contribution >= 4 is 11.8 Å². The van der Waals surface area contributed by atoms with E-state index in [-0.39, 0.29) is 11.8 Å². The second-order valence-electron chi connectivity index (χ2n) is 7.37. The fourth-order valence-corrected chi connectivity index (χ4v) is 3.87. The van der Waals surface area contributed by atoms with Crippen LogP contribution in [0.2, 0.25) is 0 Å². The molecule has 2 fully saturated rings. The molecule has 2 amide bonds. The van der Waals surface area contributed by atoms with Crippen LogP contribution in [0.3, 0.4) is 0 Å². The number of piperazine rings is 1. The van der Waals surface area contributed by atoms with Crippen molar-refractivity contribution in [1.82, 2.24) is 20.0 Å². The van der Waals surface area contributed by atoms with Gasteiger partial charge in [-0.1, -0.05) is 25.7 Å². The summed E-state index contributed by atoms with van der Waals surface area (Å²) in [5.41, 5.74) is 0. The first-order valence-electron chi connectivity index (χ1n) is 10.1. The molecule has 144 valence electrons. The summed E-state index contributed by atoms with van der Waals surface area (Å²) in [5.74, 6) is 0.379. The highest BCUT2D eigenvalue weighted by Crippen LogP contribution is 2.17. The average Bonchev–Trinajstić information content (AvgIpc) is 2.86. The highest BCUT2D eigenvalue weighted by atomic mass is 16.2. The first kappa shape index (κ1) is 20.2. The number of carbonyl (C=O) groups is 2. The molecule has 6 heteroatoms. The summed E-state index contributed by atoms with van der Waals surface area (Å²) in [4.78, 5) is 30.8. The van der Waals surface area contributed by atoms with Gasteiger partial charge in [-0.05, 0) is 26.7 Å². The van der Waals surface area contributed by atoms with E-state index in [1.54, 1.807) is 0 Å². The summed E-state index contributed by atoms with van der Waals surface area (Å²) in [6, 6.07) is 0.378. The predicted octanol–water partition coefficient (Wildman–Crippen LogP) is 1.31. The van der Waals surface area contributed by atoms with Crippen molar-refractivity contribution in [2.45, 2.75) is 58.4 Å². The van der Waals surface area contributed by atoms with Gasteiger partial charge in [-0.2, -0.15) is 0 Å². The molecule has 0 atom stereocenters. The van der Waals surface area contributed by atoms with Crippen molar-refractivity contribution in [3.05, 3.63) is 0 Å². The number of amides is 2. The molecule has 1 N–H and O–H groups in total. The minimum Gasteiger partial charge on any atom is -0.352 e. The Hall–Kier alpha value is -1.14. The second kappa shape index (κ2) is 10.8. The van der Waals surface area contributed by atoms with Gasteiger partial charge >= 0.3 is 0 Å². The van der Waals surface area contributed by atoms with Crippen LogP contribution in [-0.4, -0.2) is 84.9 Å². The third-order valence-corrected chi connectivity index (χ3v) is 5.53. The number of carbonyl (C=O) groups excluding carboxylic acids is 2. The van der Waals surface area contributed by atoms with Crippen LogP contribution in [-0.2, 0) is 9.59 Å². The molecular weight excluding hydrogens is 316 g/mol. The average molecular weight is 353 g/mol. The lowest BCUT2D eigenvalue weighted by Crippen LogP contribution is -2.52. The Morgan fingerprint density at radius 2 is 1.40 bits per heavy atom. The van der Waals surface area contributed by atoms with Gasteiger partial charge in [0.05, 0.1) is 13.1 Å². The van der Waals surface area contributed by atoms with E-state index in [4.69, 9.17) is 0 Å². The first-order valence-corrected chi connectivity index (χ1v) is 10.1. The van der Waals surface area contributed by atoms with Crippen LogP contribution >= 0.6 is 0 Å². The maximum atomic E-state index is 12.3. The molecule has 0 unspecified atom stereocenters. The zero-order valence-corrected chi connectivity index (χ0v) is 16.1. The van der Waals surface area contributed by atoms with Gasteiger partial charge in [-0.25, -0.2) is 0 Å². The molecule has 1 aliphatic heterocycles. The van der Waals surface area contributed by atoms with Crippen LogP contribution in [0.15, 0.2) is 0 Å². The molecule has 1 saturated heterocycles. The molecule has 0 bridgehead atoms. The van der Waals surface area contributed by atoms with Crippen molar-refractivity contribution in [1.29, 1.82) is 0 Å². The topological polar surface area (TPSA) is 55.9 Å². The summed E-state index contributed by atoms with van der Waals surface area (Å²) in [7, 11) is 0. The lowest BCUT2D eigenvalue weighted by molar-refractivity contribution is -0.133. The summed E-state index contributed by atoms with van der Waals surface area (Å²) in [6.07, 6.45) is 7.36. The number of hydrogen-bond donors (Lipinski definition) is 1.